The highest BCUT2D eigenvalue weighted by atomic mass is 79.9. The number of halogens is 1. The molecule has 0 fully saturated rings. The lowest BCUT2D eigenvalue weighted by molar-refractivity contribution is 1.33. The van der Waals surface area contributed by atoms with E-state index in [1.54, 1.807) is 0 Å². The second kappa shape index (κ2) is 9.05. The Hall–Kier alpha value is -1.93. The second-order valence-electron chi connectivity index (χ2n) is 3.88. The number of hydrogen-bond acceptors (Lipinski definition) is 1. The monoisotopic (exact) mass is 327 g/mol. The molecule has 0 saturated carbocycles. The molecule has 0 N–H and O–H groups in total. The van der Waals surface area contributed by atoms with Gasteiger partial charge in [-0.3, -0.25) is 4.98 Å². The molecule has 1 heterocycles. The molecule has 0 radical (unpaired) electrons. The van der Waals surface area contributed by atoms with E-state index in [0.29, 0.717) is 0 Å². The Balaban J connectivity index is 0.000000216. The minimum absolute atomic E-state index is 0. The summed E-state index contributed by atoms with van der Waals surface area (Å²) < 4.78 is 1.13. The molecule has 0 unspecified atom stereocenters. The number of aromatic nitrogens is 1. The van der Waals surface area contributed by atoms with Crippen LogP contribution in [0.3, 0.4) is 0 Å². The van der Waals surface area contributed by atoms with Crippen molar-refractivity contribution in [2.24, 2.45) is 0 Å². The SMILES string of the molecule is Brc1ccccc1.C.c1ccc(-c2ccccn2)cc1. The van der Waals surface area contributed by atoms with Gasteiger partial charge in [-0.2, -0.15) is 0 Å². The van der Waals surface area contributed by atoms with Gasteiger partial charge >= 0.3 is 0 Å². The number of hydrogen-bond donors (Lipinski definition) is 0. The molecular formula is C18H18BrN. The lowest BCUT2D eigenvalue weighted by Gasteiger charge is -1.97. The van der Waals surface area contributed by atoms with Gasteiger partial charge in [0.2, 0.25) is 0 Å². The molecular weight excluding hydrogens is 310 g/mol. The Morgan fingerprint density at radius 3 is 1.65 bits per heavy atom. The first-order valence-electron chi connectivity index (χ1n) is 6.03. The number of rotatable bonds is 1. The van der Waals surface area contributed by atoms with E-state index in [1.165, 1.54) is 0 Å². The van der Waals surface area contributed by atoms with Gasteiger partial charge in [0.1, 0.15) is 0 Å². The Labute approximate surface area is 129 Å². The highest BCUT2D eigenvalue weighted by Gasteiger charge is 1.93. The highest BCUT2D eigenvalue weighted by molar-refractivity contribution is 9.10. The average molecular weight is 328 g/mol. The van der Waals surface area contributed by atoms with E-state index in [4.69, 9.17) is 0 Å². The molecule has 0 aliphatic rings. The molecule has 0 spiro atoms. The van der Waals surface area contributed by atoms with Gasteiger partial charge in [-0.15, -0.1) is 0 Å². The molecule has 3 rings (SSSR count). The van der Waals surface area contributed by atoms with Crippen molar-refractivity contribution in [3.8, 4) is 11.3 Å². The van der Waals surface area contributed by atoms with Gasteiger partial charge < -0.3 is 0 Å². The van der Waals surface area contributed by atoms with Crippen LogP contribution in [0.2, 0.25) is 0 Å². The van der Waals surface area contributed by atoms with Gasteiger partial charge in [0.05, 0.1) is 5.69 Å². The van der Waals surface area contributed by atoms with Crippen LogP contribution in [0.25, 0.3) is 11.3 Å². The Bertz CT molecular complexity index is 542. The fraction of sp³-hybridized carbons (Fsp3) is 0.0556. The van der Waals surface area contributed by atoms with E-state index >= 15 is 0 Å². The molecule has 0 bridgehead atoms. The zero-order valence-electron chi connectivity index (χ0n) is 10.4. The smallest absolute Gasteiger partial charge is 0.0701 e. The second-order valence-corrected chi connectivity index (χ2v) is 4.79. The van der Waals surface area contributed by atoms with Gasteiger partial charge in [-0.1, -0.05) is 78.0 Å². The molecule has 3 aromatic rings. The van der Waals surface area contributed by atoms with Crippen LogP contribution >= 0.6 is 15.9 Å². The van der Waals surface area contributed by atoms with E-state index in [1.807, 2.05) is 72.9 Å². The van der Waals surface area contributed by atoms with Crippen LogP contribution < -0.4 is 0 Å². The fourth-order valence-corrected chi connectivity index (χ4v) is 1.86. The van der Waals surface area contributed by atoms with Gasteiger partial charge in [-0.05, 0) is 24.3 Å². The van der Waals surface area contributed by atoms with E-state index in [0.717, 1.165) is 15.7 Å². The summed E-state index contributed by atoms with van der Waals surface area (Å²) in [5, 5.41) is 0. The first-order valence-corrected chi connectivity index (χ1v) is 6.82. The number of pyridine rings is 1. The summed E-state index contributed by atoms with van der Waals surface area (Å²) in [6.45, 7) is 0. The van der Waals surface area contributed by atoms with Crippen LogP contribution in [-0.4, -0.2) is 4.98 Å². The average Bonchev–Trinajstić information content (AvgIpc) is 2.51. The molecule has 2 aromatic carbocycles. The molecule has 0 amide bonds. The Morgan fingerprint density at radius 1 is 0.650 bits per heavy atom. The number of benzene rings is 2. The van der Waals surface area contributed by atoms with E-state index in [2.05, 4.69) is 33.0 Å². The first kappa shape index (κ1) is 16.1. The predicted octanol–water partition coefficient (Wildman–Crippen LogP) is 5.83. The van der Waals surface area contributed by atoms with Crippen molar-refractivity contribution >= 4 is 15.9 Å². The van der Waals surface area contributed by atoms with Crippen LogP contribution in [0.5, 0.6) is 0 Å². The third kappa shape index (κ3) is 5.37. The minimum Gasteiger partial charge on any atom is -0.256 e. The van der Waals surface area contributed by atoms with Crippen molar-refractivity contribution in [2.45, 2.75) is 7.43 Å². The molecule has 0 aliphatic carbocycles. The maximum Gasteiger partial charge on any atom is 0.0701 e. The van der Waals surface area contributed by atoms with Crippen molar-refractivity contribution in [1.82, 2.24) is 4.98 Å². The van der Waals surface area contributed by atoms with Crippen molar-refractivity contribution in [2.75, 3.05) is 0 Å². The maximum absolute atomic E-state index is 4.25. The largest absolute Gasteiger partial charge is 0.256 e. The highest BCUT2D eigenvalue weighted by Crippen LogP contribution is 2.14. The molecule has 102 valence electrons. The minimum atomic E-state index is 0. The van der Waals surface area contributed by atoms with Crippen molar-refractivity contribution in [3.63, 3.8) is 0 Å². The summed E-state index contributed by atoms with van der Waals surface area (Å²) in [5.74, 6) is 0. The fourth-order valence-electron chi connectivity index (χ4n) is 1.56. The van der Waals surface area contributed by atoms with E-state index in [9.17, 15) is 0 Å². The predicted molar refractivity (Wildman–Crippen MR) is 90.5 cm³/mol. The first-order chi connectivity index (χ1) is 9.36. The van der Waals surface area contributed by atoms with Crippen LogP contribution in [0.1, 0.15) is 7.43 Å². The summed E-state index contributed by atoms with van der Waals surface area (Å²) in [6, 6.07) is 26.1. The van der Waals surface area contributed by atoms with Gasteiger partial charge in [0.25, 0.3) is 0 Å². The van der Waals surface area contributed by atoms with Crippen LogP contribution in [0, 0.1) is 0 Å². The summed E-state index contributed by atoms with van der Waals surface area (Å²) in [5.41, 5.74) is 2.19. The molecule has 2 heteroatoms. The Kier molecular flexibility index (Phi) is 7.30. The van der Waals surface area contributed by atoms with Crippen LogP contribution in [0.4, 0.5) is 0 Å². The van der Waals surface area contributed by atoms with E-state index < -0.39 is 0 Å². The van der Waals surface area contributed by atoms with Crippen molar-refractivity contribution < 1.29 is 0 Å². The summed E-state index contributed by atoms with van der Waals surface area (Å²) in [7, 11) is 0. The zero-order chi connectivity index (χ0) is 13.3. The molecule has 20 heavy (non-hydrogen) atoms. The maximum atomic E-state index is 4.25. The van der Waals surface area contributed by atoms with Crippen molar-refractivity contribution in [1.29, 1.82) is 0 Å². The number of nitrogens with zero attached hydrogens (tertiary/aromatic N) is 1. The van der Waals surface area contributed by atoms with Crippen molar-refractivity contribution in [3.05, 3.63) is 89.5 Å². The van der Waals surface area contributed by atoms with Gasteiger partial charge in [-0.25, -0.2) is 0 Å². The summed E-state index contributed by atoms with van der Waals surface area (Å²) in [6.07, 6.45) is 1.81. The van der Waals surface area contributed by atoms with E-state index in [-0.39, 0.29) is 7.43 Å². The standard InChI is InChI=1S/C11H9N.C6H5Br.CH4/c1-2-6-10(7-3-1)11-8-4-5-9-12-11;7-6-4-2-1-3-5-6;/h1-9H;1-5H;1H4. The van der Waals surface area contributed by atoms with Gasteiger partial charge in [0.15, 0.2) is 0 Å². The molecule has 0 saturated heterocycles. The lowest BCUT2D eigenvalue weighted by atomic mass is 10.1. The van der Waals surface area contributed by atoms with Crippen LogP contribution in [0.15, 0.2) is 89.5 Å². The van der Waals surface area contributed by atoms with Crippen LogP contribution in [-0.2, 0) is 0 Å². The molecule has 1 nitrogen and oxygen atoms in total. The third-order valence-electron chi connectivity index (χ3n) is 2.47. The third-order valence-corrected chi connectivity index (χ3v) is 3.00. The molecule has 0 aliphatic heterocycles. The quantitative estimate of drug-likeness (QED) is 0.547. The summed E-state index contributed by atoms with van der Waals surface area (Å²) >= 11 is 3.31. The molecule has 0 atom stereocenters. The zero-order valence-corrected chi connectivity index (χ0v) is 12.0. The lowest BCUT2D eigenvalue weighted by Crippen LogP contribution is -1.79. The molecule has 1 aromatic heterocycles. The Morgan fingerprint density at radius 2 is 1.20 bits per heavy atom. The van der Waals surface area contributed by atoms with Gasteiger partial charge in [0, 0.05) is 16.2 Å². The topological polar surface area (TPSA) is 12.9 Å². The normalized spacial score (nSPS) is 8.85. The summed E-state index contributed by atoms with van der Waals surface area (Å²) in [4.78, 5) is 4.25.